The predicted molar refractivity (Wildman–Crippen MR) is 71.3 cm³/mol. The normalized spacial score (nSPS) is 13.7. The Morgan fingerprint density at radius 1 is 1.53 bits per heavy atom. The molecule has 104 valence electrons. The van der Waals surface area contributed by atoms with Crippen molar-refractivity contribution < 1.29 is 14.8 Å². The van der Waals surface area contributed by atoms with Crippen LogP contribution in [-0.2, 0) is 0 Å². The SMILES string of the molecule is CC(CO)C(C)NC(=O)c1cc(Cl)ccc1[N+](=O)[O-]. The van der Waals surface area contributed by atoms with Crippen LogP contribution in [0.15, 0.2) is 18.2 Å². The zero-order valence-corrected chi connectivity index (χ0v) is 11.3. The number of hydrogen-bond acceptors (Lipinski definition) is 4. The Hall–Kier alpha value is -1.66. The first-order valence-corrected chi connectivity index (χ1v) is 6.10. The van der Waals surface area contributed by atoms with Crippen molar-refractivity contribution in [1.82, 2.24) is 5.32 Å². The first-order valence-electron chi connectivity index (χ1n) is 5.72. The number of halogens is 1. The lowest BCUT2D eigenvalue weighted by molar-refractivity contribution is -0.385. The van der Waals surface area contributed by atoms with Crippen LogP contribution in [0.2, 0.25) is 5.02 Å². The van der Waals surface area contributed by atoms with E-state index in [9.17, 15) is 14.9 Å². The molecule has 0 aliphatic rings. The van der Waals surface area contributed by atoms with Gasteiger partial charge in [-0.1, -0.05) is 18.5 Å². The molecule has 0 fully saturated rings. The fraction of sp³-hybridized carbons (Fsp3) is 0.417. The second-order valence-electron chi connectivity index (χ2n) is 4.34. The highest BCUT2D eigenvalue weighted by molar-refractivity contribution is 6.31. The summed E-state index contributed by atoms with van der Waals surface area (Å²) in [4.78, 5) is 22.2. The average Bonchev–Trinajstić information content (AvgIpc) is 2.36. The average molecular weight is 287 g/mol. The van der Waals surface area contributed by atoms with Crippen molar-refractivity contribution >= 4 is 23.2 Å². The minimum Gasteiger partial charge on any atom is -0.396 e. The van der Waals surface area contributed by atoms with Crippen LogP contribution in [0.5, 0.6) is 0 Å². The molecule has 6 nitrogen and oxygen atoms in total. The molecule has 0 aliphatic carbocycles. The van der Waals surface area contributed by atoms with Crippen molar-refractivity contribution in [2.45, 2.75) is 19.9 Å². The van der Waals surface area contributed by atoms with Gasteiger partial charge in [-0.05, 0) is 25.0 Å². The van der Waals surface area contributed by atoms with Crippen molar-refractivity contribution in [3.63, 3.8) is 0 Å². The molecule has 2 N–H and O–H groups in total. The molecule has 1 aromatic rings. The molecule has 1 rings (SSSR count). The van der Waals surface area contributed by atoms with E-state index < -0.39 is 10.8 Å². The lowest BCUT2D eigenvalue weighted by Crippen LogP contribution is -2.38. The molecule has 19 heavy (non-hydrogen) atoms. The maximum Gasteiger partial charge on any atom is 0.282 e. The summed E-state index contributed by atoms with van der Waals surface area (Å²) >= 11 is 5.75. The second-order valence-corrected chi connectivity index (χ2v) is 4.78. The first-order chi connectivity index (χ1) is 8.86. The predicted octanol–water partition coefficient (Wildman–Crippen LogP) is 1.99. The van der Waals surface area contributed by atoms with E-state index in [0.29, 0.717) is 0 Å². The number of benzene rings is 1. The molecule has 0 aromatic heterocycles. The van der Waals surface area contributed by atoms with Crippen molar-refractivity contribution in [2.75, 3.05) is 6.61 Å². The molecule has 0 radical (unpaired) electrons. The maximum atomic E-state index is 12.0. The van der Waals surface area contributed by atoms with Gasteiger partial charge in [0, 0.05) is 23.7 Å². The number of nitro benzene ring substituents is 1. The van der Waals surface area contributed by atoms with Gasteiger partial charge in [0.2, 0.25) is 0 Å². The van der Waals surface area contributed by atoms with Gasteiger partial charge < -0.3 is 10.4 Å². The third-order valence-electron chi connectivity index (χ3n) is 2.90. The van der Waals surface area contributed by atoms with Gasteiger partial charge >= 0.3 is 0 Å². The molecule has 0 heterocycles. The molecular formula is C12H15ClN2O4. The molecule has 0 aliphatic heterocycles. The van der Waals surface area contributed by atoms with E-state index in [0.717, 1.165) is 0 Å². The Kier molecular flexibility index (Phi) is 5.26. The molecule has 0 spiro atoms. The zero-order valence-electron chi connectivity index (χ0n) is 10.6. The number of nitrogens with one attached hydrogen (secondary N) is 1. The van der Waals surface area contributed by atoms with Crippen LogP contribution in [0.3, 0.4) is 0 Å². The number of rotatable bonds is 5. The summed E-state index contributed by atoms with van der Waals surface area (Å²) in [6.45, 7) is 3.39. The van der Waals surface area contributed by atoms with Crippen LogP contribution in [-0.4, -0.2) is 28.6 Å². The van der Waals surface area contributed by atoms with Gasteiger partial charge in [0.1, 0.15) is 5.56 Å². The number of hydrogen-bond donors (Lipinski definition) is 2. The Balaban J connectivity index is 2.99. The van der Waals surface area contributed by atoms with Crippen molar-refractivity contribution in [2.24, 2.45) is 5.92 Å². The van der Waals surface area contributed by atoms with Crippen LogP contribution in [0.4, 0.5) is 5.69 Å². The van der Waals surface area contributed by atoms with E-state index in [2.05, 4.69) is 5.32 Å². The van der Waals surface area contributed by atoms with Crippen molar-refractivity contribution in [3.05, 3.63) is 38.9 Å². The standard InChI is InChI=1S/C12H15ClN2O4/c1-7(6-16)8(2)14-12(17)10-5-9(13)3-4-11(10)15(18)19/h3-5,7-8,16H,6H2,1-2H3,(H,14,17). The number of amides is 1. The van der Waals surface area contributed by atoms with E-state index in [1.165, 1.54) is 18.2 Å². The minimum atomic E-state index is -0.634. The highest BCUT2D eigenvalue weighted by Crippen LogP contribution is 2.22. The second kappa shape index (κ2) is 6.49. The maximum absolute atomic E-state index is 12.0. The topological polar surface area (TPSA) is 92.5 Å². The molecule has 1 amide bonds. The Morgan fingerprint density at radius 2 is 2.16 bits per heavy atom. The van der Waals surface area contributed by atoms with E-state index >= 15 is 0 Å². The number of nitro groups is 1. The van der Waals surface area contributed by atoms with E-state index in [1.807, 2.05) is 0 Å². The third kappa shape index (κ3) is 3.90. The van der Waals surface area contributed by atoms with Gasteiger partial charge in [0.05, 0.1) is 4.92 Å². The van der Waals surface area contributed by atoms with E-state index in [1.54, 1.807) is 13.8 Å². The smallest absolute Gasteiger partial charge is 0.282 e. The van der Waals surface area contributed by atoms with Gasteiger partial charge in [-0.2, -0.15) is 0 Å². The highest BCUT2D eigenvalue weighted by atomic mass is 35.5. The summed E-state index contributed by atoms with van der Waals surface area (Å²) in [5, 5.41) is 22.7. The van der Waals surface area contributed by atoms with Crippen LogP contribution in [0, 0.1) is 16.0 Å². The summed E-state index contributed by atoms with van der Waals surface area (Å²) in [6, 6.07) is 3.50. The summed E-state index contributed by atoms with van der Waals surface area (Å²) in [5.74, 6) is -0.732. The van der Waals surface area contributed by atoms with Crippen LogP contribution < -0.4 is 5.32 Å². The number of carbonyl (C=O) groups is 1. The van der Waals surface area contributed by atoms with Gasteiger partial charge in [0.15, 0.2) is 0 Å². The Morgan fingerprint density at radius 3 is 2.68 bits per heavy atom. The minimum absolute atomic E-state index is 0.0842. The molecule has 0 saturated carbocycles. The van der Waals surface area contributed by atoms with Crippen LogP contribution in [0.25, 0.3) is 0 Å². The Bertz CT molecular complexity index is 493. The lowest BCUT2D eigenvalue weighted by atomic mass is 10.0. The number of nitrogens with zero attached hydrogens (tertiary/aromatic N) is 1. The van der Waals surface area contributed by atoms with Gasteiger partial charge in [0.25, 0.3) is 11.6 Å². The molecule has 2 atom stereocenters. The largest absolute Gasteiger partial charge is 0.396 e. The fourth-order valence-corrected chi connectivity index (χ4v) is 1.61. The zero-order chi connectivity index (χ0) is 14.6. The molecule has 0 bridgehead atoms. The van der Waals surface area contributed by atoms with Crippen LogP contribution >= 0.6 is 11.6 Å². The quantitative estimate of drug-likeness (QED) is 0.639. The summed E-state index contributed by atoms with van der Waals surface area (Å²) in [6.07, 6.45) is 0. The fourth-order valence-electron chi connectivity index (χ4n) is 1.43. The van der Waals surface area contributed by atoms with Crippen molar-refractivity contribution in [1.29, 1.82) is 0 Å². The van der Waals surface area contributed by atoms with Gasteiger partial charge in [-0.15, -0.1) is 0 Å². The van der Waals surface area contributed by atoms with E-state index in [-0.39, 0.29) is 34.8 Å². The first kappa shape index (κ1) is 15.4. The monoisotopic (exact) mass is 286 g/mol. The molecule has 2 unspecified atom stereocenters. The third-order valence-corrected chi connectivity index (χ3v) is 3.14. The van der Waals surface area contributed by atoms with Crippen LogP contribution in [0.1, 0.15) is 24.2 Å². The summed E-state index contributed by atoms with van der Waals surface area (Å²) in [7, 11) is 0. The molecule has 7 heteroatoms. The Labute approximate surface area is 115 Å². The van der Waals surface area contributed by atoms with Crippen molar-refractivity contribution in [3.8, 4) is 0 Å². The van der Waals surface area contributed by atoms with Gasteiger partial charge in [-0.25, -0.2) is 0 Å². The van der Waals surface area contributed by atoms with E-state index in [4.69, 9.17) is 16.7 Å². The van der Waals surface area contributed by atoms with Gasteiger partial charge in [-0.3, -0.25) is 14.9 Å². The molecular weight excluding hydrogens is 272 g/mol. The number of carbonyl (C=O) groups excluding carboxylic acids is 1. The number of aliphatic hydroxyl groups is 1. The molecule has 1 aromatic carbocycles. The highest BCUT2D eigenvalue weighted by Gasteiger charge is 2.23. The lowest BCUT2D eigenvalue weighted by Gasteiger charge is -2.19. The number of aliphatic hydroxyl groups excluding tert-OH is 1. The molecule has 0 saturated heterocycles. The summed E-state index contributed by atoms with van der Waals surface area (Å²) < 4.78 is 0. The summed E-state index contributed by atoms with van der Waals surface area (Å²) in [5.41, 5.74) is -0.389.